The molecule has 0 bridgehead atoms. The number of Topliss-reactive ketones (excluding diaryl/α,β-unsaturated/α-hetero) is 1. The Labute approximate surface area is 124 Å². The smallest absolute Gasteiger partial charge is 0.195 e. The first-order valence-electron chi connectivity index (χ1n) is 7.35. The van der Waals surface area contributed by atoms with Crippen LogP contribution in [0.4, 0.5) is 0 Å². The van der Waals surface area contributed by atoms with Crippen LogP contribution in [0.3, 0.4) is 0 Å². The number of rotatable bonds is 4. The van der Waals surface area contributed by atoms with E-state index >= 15 is 0 Å². The number of ketones is 1. The van der Waals surface area contributed by atoms with E-state index < -0.39 is 5.41 Å². The zero-order valence-electron chi connectivity index (χ0n) is 12.5. The van der Waals surface area contributed by atoms with Gasteiger partial charge in [-0.15, -0.1) is 0 Å². The van der Waals surface area contributed by atoms with E-state index in [1.807, 2.05) is 18.2 Å². The van der Waals surface area contributed by atoms with E-state index in [-0.39, 0.29) is 5.78 Å². The van der Waals surface area contributed by atoms with Crippen LogP contribution in [0.25, 0.3) is 0 Å². The van der Waals surface area contributed by atoms with Crippen molar-refractivity contribution in [3.8, 4) is 5.75 Å². The van der Waals surface area contributed by atoms with Gasteiger partial charge < -0.3 is 4.74 Å². The molecular weight excluding hydrogens is 264 g/mol. The average Bonchev–Trinajstić information content (AvgIpc) is 3.15. The highest BCUT2D eigenvalue weighted by atomic mass is 16.5. The zero-order valence-corrected chi connectivity index (χ0v) is 12.5. The highest BCUT2D eigenvalue weighted by Gasteiger charge is 2.44. The molecule has 1 aliphatic rings. The third-order valence-electron chi connectivity index (χ3n) is 4.56. The van der Waals surface area contributed by atoms with Crippen LogP contribution >= 0.6 is 0 Å². The summed E-state index contributed by atoms with van der Waals surface area (Å²) in [6.45, 7) is 0. The van der Waals surface area contributed by atoms with Crippen molar-refractivity contribution >= 4 is 5.78 Å². The minimum Gasteiger partial charge on any atom is -0.493 e. The summed E-state index contributed by atoms with van der Waals surface area (Å²) in [6.07, 6.45) is 5.57. The molecule has 0 aliphatic heterocycles. The first-order valence-corrected chi connectivity index (χ1v) is 7.35. The minimum absolute atomic E-state index is 0.128. The van der Waals surface area contributed by atoms with E-state index in [4.69, 9.17) is 4.74 Å². The number of aromatic nitrogens is 2. The van der Waals surface area contributed by atoms with Crippen molar-refractivity contribution in [3.05, 3.63) is 47.8 Å². The highest BCUT2D eigenvalue weighted by molar-refractivity contribution is 6.05. The van der Waals surface area contributed by atoms with Crippen molar-refractivity contribution in [2.45, 2.75) is 31.1 Å². The molecule has 0 saturated heterocycles. The van der Waals surface area contributed by atoms with Crippen molar-refractivity contribution in [2.24, 2.45) is 7.05 Å². The molecule has 1 aromatic carbocycles. The van der Waals surface area contributed by atoms with Crippen LogP contribution in [0.1, 0.15) is 41.7 Å². The number of methoxy groups -OCH3 is 1. The Bertz CT molecular complexity index is 640. The predicted molar refractivity (Wildman–Crippen MR) is 80.7 cm³/mol. The number of aryl methyl sites for hydroxylation is 1. The summed E-state index contributed by atoms with van der Waals surface area (Å²) in [5.41, 5.74) is 1.25. The standard InChI is InChI=1S/C17H20N2O2/c1-19-15(14(21-2)12-18-19)16(20)17(10-6-7-11-17)13-8-4-3-5-9-13/h3-5,8-9,12H,6-7,10-11H2,1-2H3. The summed E-state index contributed by atoms with van der Waals surface area (Å²) in [6, 6.07) is 10.1. The lowest BCUT2D eigenvalue weighted by Gasteiger charge is -2.28. The van der Waals surface area contributed by atoms with Gasteiger partial charge in [-0.25, -0.2) is 0 Å². The predicted octanol–water partition coefficient (Wildman–Crippen LogP) is 3.12. The fraction of sp³-hybridized carbons (Fsp3) is 0.412. The molecule has 3 rings (SSSR count). The lowest BCUT2D eigenvalue weighted by molar-refractivity contribution is 0.0872. The minimum atomic E-state index is -0.428. The second-order valence-corrected chi connectivity index (χ2v) is 5.67. The SMILES string of the molecule is COc1cnn(C)c1C(=O)C1(c2ccccc2)CCCC1. The van der Waals surface area contributed by atoms with E-state index in [0.717, 1.165) is 31.2 Å². The Morgan fingerprint density at radius 2 is 1.90 bits per heavy atom. The van der Waals surface area contributed by atoms with Crippen LogP contribution in [-0.4, -0.2) is 22.7 Å². The first kappa shape index (κ1) is 13.9. The molecule has 21 heavy (non-hydrogen) atoms. The second-order valence-electron chi connectivity index (χ2n) is 5.67. The average molecular weight is 284 g/mol. The van der Waals surface area contributed by atoms with Crippen molar-refractivity contribution in [3.63, 3.8) is 0 Å². The van der Waals surface area contributed by atoms with Crippen molar-refractivity contribution < 1.29 is 9.53 Å². The summed E-state index contributed by atoms with van der Waals surface area (Å²) < 4.78 is 6.95. The van der Waals surface area contributed by atoms with Gasteiger partial charge in [0.15, 0.2) is 11.5 Å². The molecule has 4 heteroatoms. The topological polar surface area (TPSA) is 44.1 Å². The van der Waals surface area contributed by atoms with Crippen LogP contribution in [0, 0.1) is 0 Å². The fourth-order valence-electron chi connectivity index (χ4n) is 3.43. The first-order chi connectivity index (χ1) is 10.2. The molecular formula is C17H20N2O2. The van der Waals surface area contributed by atoms with E-state index in [2.05, 4.69) is 17.2 Å². The Hall–Kier alpha value is -2.10. The summed E-state index contributed by atoms with van der Waals surface area (Å²) in [4.78, 5) is 13.3. The van der Waals surface area contributed by atoms with E-state index in [1.165, 1.54) is 0 Å². The van der Waals surface area contributed by atoms with E-state index in [1.54, 1.807) is 25.0 Å². The Balaban J connectivity index is 2.10. The summed E-state index contributed by atoms with van der Waals surface area (Å²) in [5.74, 6) is 0.688. The maximum Gasteiger partial charge on any atom is 0.195 e. The largest absolute Gasteiger partial charge is 0.493 e. The number of nitrogens with zero attached hydrogens (tertiary/aromatic N) is 2. The number of carbonyl (C=O) groups excluding carboxylic acids is 1. The molecule has 1 aliphatic carbocycles. The maximum atomic E-state index is 13.3. The number of hydrogen-bond donors (Lipinski definition) is 0. The number of ether oxygens (including phenoxy) is 1. The Kier molecular flexibility index (Phi) is 3.53. The van der Waals surface area contributed by atoms with Gasteiger partial charge in [0.2, 0.25) is 0 Å². The molecule has 0 spiro atoms. The Morgan fingerprint density at radius 1 is 1.24 bits per heavy atom. The molecule has 1 heterocycles. The van der Waals surface area contributed by atoms with Gasteiger partial charge in [0.05, 0.1) is 18.7 Å². The molecule has 0 atom stereocenters. The quantitative estimate of drug-likeness (QED) is 0.810. The van der Waals surface area contributed by atoms with Gasteiger partial charge in [-0.1, -0.05) is 43.2 Å². The van der Waals surface area contributed by atoms with Crippen LogP contribution in [-0.2, 0) is 12.5 Å². The van der Waals surface area contributed by atoms with Crippen LogP contribution in [0.2, 0.25) is 0 Å². The molecule has 0 amide bonds. The summed E-state index contributed by atoms with van der Waals surface area (Å²) in [7, 11) is 3.38. The number of carbonyl (C=O) groups is 1. The van der Waals surface area contributed by atoms with Crippen molar-refractivity contribution in [1.29, 1.82) is 0 Å². The van der Waals surface area contributed by atoms with Crippen molar-refractivity contribution in [1.82, 2.24) is 9.78 Å². The van der Waals surface area contributed by atoms with Crippen molar-refractivity contribution in [2.75, 3.05) is 7.11 Å². The molecule has 1 aromatic heterocycles. The molecule has 2 aromatic rings. The third kappa shape index (κ3) is 2.15. The summed E-state index contributed by atoms with van der Waals surface area (Å²) in [5, 5.41) is 4.18. The molecule has 0 N–H and O–H groups in total. The molecule has 0 unspecified atom stereocenters. The number of hydrogen-bond acceptors (Lipinski definition) is 3. The van der Waals surface area contributed by atoms with Gasteiger partial charge in [-0.3, -0.25) is 9.48 Å². The van der Waals surface area contributed by atoms with E-state index in [0.29, 0.717) is 11.4 Å². The zero-order chi connectivity index (χ0) is 14.9. The van der Waals surface area contributed by atoms with Gasteiger partial charge in [-0.2, -0.15) is 5.10 Å². The maximum absolute atomic E-state index is 13.3. The normalized spacial score (nSPS) is 16.9. The molecule has 4 nitrogen and oxygen atoms in total. The van der Waals surface area contributed by atoms with Gasteiger partial charge in [0, 0.05) is 7.05 Å². The Morgan fingerprint density at radius 3 is 2.52 bits per heavy atom. The lowest BCUT2D eigenvalue weighted by atomic mass is 9.74. The molecule has 110 valence electrons. The van der Waals surface area contributed by atoms with Gasteiger partial charge >= 0.3 is 0 Å². The monoisotopic (exact) mass is 284 g/mol. The molecule has 1 saturated carbocycles. The third-order valence-corrected chi connectivity index (χ3v) is 4.56. The van der Waals surface area contributed by atoms with Gasteiger partial charge in [-0.05, 0) is 18.4 Å². The molecule has 1 fully saturated rings. The van der Waals surface area contributed by atoms with Gasteiger partial charge in [0.25, 0.3) is 0 Å². The van der Waals surface area contributed by atoms with Gasteiger partial charge in [0.1, 0.15) is 5.69 Å². The fourth-order valence-corrected chi connectivity index (χ4v) is 3.43. The number of benzene rings is 1. The van der Waals surface area contributed by atoms with Crippen LogP contribution in [0.5, 0.6) is 5.75 Å². The summed E-state index contributed by atoms with van der Waals surface area (Å²) >= 11 is 0. The molecule has 0 radical (unpaired) electrons. The van der Waals surface area contributed by atoms with Crippen LogP contribution in [0.15, 0.2) is 36.5 Å². The van der Waals surface area contributed by atoms with E-state index in [9.17, 15) is 4.79 Å². The van der Waals surface area contributed by atoms with Crippen LogP contribution < -0.4 is 4.74 Å². The lowest BCUT2D eigenvalue weighted by Crippen LogP contribution is -2.34. The second kappa shape index (κ2) is 5.35. The highest BCUT2D eigenvalue weighted by Crippen LogP contribution is 2.44.